The van der Waals surface area contributed by atoms with Crippen LogP contribution in [0.4, 0.5) is 0 Å². The van der Waals surface area contributed by atoms with E-state index in [1.54, 1.807) is 0 Å². The van der Waals surface area contributed by atoms with Crippen LogP contribution in [-0.2, 0) is 6.42 Å². The molecule has 6 heteroatoms. The van der Waals surface area contributed by atoms with Crippen LogP contribution in [0.5, 0.6) is 5.75 Å². The van der Waals surface area contributed by atoms with Crippen LogP contribution < -0.4 is 20.7 Å². The number of hydrogen-bond donors (Lipinski definition) is 3. The van der Waals surface area contributed by atoms with Crippen molar-refractivity contribution in [3.8, 4) is 5.75 Å². The first-order chi connectivity index (χ1) is 13.8. The van der Waals surface area contributed by atoms with E-state index in [1.807, 2.05) is 55.5 Å². The Kier molecular flexibility index (Phi) is 7.29. The quantitative estimate of drug-likeness (QED) is 0.373. The molecule has 3 N–H and O–H groups in total. The summed E-state index contributed by atoms with van der Waals surface area (Å²) in [7, 11) is 0. The molecule has 0 saturated heterocycles. The number of fused-ring (bicyclic) bond motifs is 1. The van der Waals surface area contributed by atoms with E-state index in [0.717, 1.165) is 37.6 Å². The third-order valence-corrected chi connectivity index (χ3v) is 4.48. The Morgan fingerprint density at radius 1 is 1.04 bits per heavy atom. The molecule has 28 heavy (non-hydrogen) atoms. The van der Waals surface area contributed by atoms with Gasteiger partial charge in [-0.25, -0.2) is 4.99 Å². The molecular weight excluding hydrogens is 352 g/mol. The lowest BCUT2D eigenvalue weighted by atomic mass is 10.1. The van der Waals surface area contributed by atoms with E-state index < -0.39 is 0 Å². The maximum atomic E-state index is 12.0. The standard InChI is InChI=1S/C22H28N4O2/c1-2-23-22(26-16-19-15-18-11-6-7-12-20(18)28-19)25-14-8-13-24-21(27)17-9-4-3-5-10-17/h3-7,9-12,19H,2,8,13-16H2,1H3,(H,24,27)(H2,23,25,26). The van der Waals surface area contributed by atoms with Gasteiger partial charge in [0.2, 0.25) is 0 Å². The molecule has 0 bridgehead atoms. The molecule has 0 saturated carbocycles. The van der Waals surface area contributed by atoms with Gasteiger partial charge in [0.15, 0.2) is 5.96 Å². The van der Waals surface area contributed by atoms with Crippen molar-refractivity contribution in [1.29, 1.82) is 0 Å². The number of amides is 1. The van der Waals surface area contributed by atoms with E-state index in [2.05, 4.69) is 27.0 Å². The predicted octanol–water partition coefficient (Wildman–Crippen LogP) is 2.37. The Balaban J connectivity index is 1.37. The van der Waals surface area contributed by atoms with Crippen LogP contribution in [0.3, 0.4) is 0 Å². The zero-order valence-electron chi connectivity index (χ0n) is 16.3. The smallest absolute Gasteiger partial charge is 0.251 e. The molecule has 1 unspecified atom stereocenters. The second kappa shape index (κ2) is 10.3. The minimum Gasteiger partial charge on any atom is -0.488 e. The number of nitrogens with one attached hydrogen (secondary N) is 3. The number of ether oxygens (including phenoxy) is 1. The van der Waals surface area contributed by atoms with E-state index in [9.17, 15) is 4.79 Å². The largest absolute Gasteiger partial charge is 0.488 e. The number of nitrogens with zero attached hydrogens (tertiary/aromatic N) is 1. The van der Waals surface area contributed by atoms with Gasteiger partial charge in [-0.2, -0.15) is 0 Å². The third-order valence-electron chi connectivity index (χ3n) is 4.48. The van der Waals surface area contributed by atoms with Crippen LogP contribution in [0.15, 0.2) is 59.6 Å². The fourth-order valence-electron chi connectivity index (χ4n) is 3.08. The molecule has 1 amide bonds. The monoisotopic (exact) mass is 380 g/mol. The SMILES string of the molecule is CCNC(=NCC1Cc2ccccc2O1)NCCCNC(=O)c1ccccc1. The summed E-state index contributed by atoms with van der Waals surface area (Å²) >= 11 is 0. The fraction of sp³-hybridized carbons (Fsp3) is 0.364. The van der Waals surface area contributed by atoms with E-state index >= 15 is 0 Å². The number of para-hydroxylation sites is 1. The number of aliphatic imine (C=N–C) groups is 1. The number of benzene rings is 2. The van der Waals surface area contributed by atoms with Crippen molar-refractivity contribution < 1.29 is 9.53 Å². The zero-order chi connectivity index (χ0) is 19.6. The fourth-order valence-corrected chi connectivity index (χ4v) is 3.08. The topological polar surface area (TPSA) is 74.8 Å². The second-order valence-electron chi connectivity index (χ2n) is 6.67. The van der Waals surface area contributed by atoms with E-state index in [1.165, 1.54) is 5.56 Å². The van der Waals surface area contributed by atoms with Gasteiger partial charge in [-0.15, -0.1) is 0 Å². The van der Waals surface area contributed by atoms with Crippen LogP contribution in [0, 0.1) is 0 Å². The normalized spacial score (nSPS) is 15.5. The van der Waals surface area contributed by atoms with E-state index in [0.29, 0.717) is 18.7 Å². The molecule has 1 atom stereocenters. The number of guanidine groups is 1. The highest BCUT2D eigenvalue weighted by Gasteiger charge is 2.21. The summed E-state index contributed by atoms with van der Waals surface area (Å²) in [6, 6.07) is 17.4. The molecule has 1 aliphatic heterocycles. The molecule has 2 aromatic carbocycles. The lowest BCUT2D eigenvalue weighted by molar-refractivity contribution is 0.0953. The van der Waals surface area contributed by atoms with Crippen molar-refractivity contribution in [2.75, 3.05) is 26.2 Å². The summed E-state index contributed by atoms with van der Waals surface area (Å²) < 4.78 is 5.94. The Morgan fingerprint density at radius 2 is 1.79 bits per heavy atom. The summed E-state index contributed by atoms with van der Waals surface area (Å²) in [6.07, 6.45) is 1.79. The van der Waals surface area contributed by atoms with Gasteiger partial charge in [-0.05, 0) is 37.1 Å². The van der Waals surface area contributed by atoms with Gasteiger partial charge < -0.3 is 20.7 Å². The van der Waals surface area contributed by atoms with Crippen LogP contribution in [-0.4, -0.2) is 44.1 Å². The minimum absolute atomic E-state index is 0.0425. The average molecular weight is 380 g/mol. The summed E-state index contributed by atoms with van der Waals surface area (Å²) in [5.74, 6) is 1.70. The Hall–Kier alpha value is -3.02. The first-order valence-corrected chi connectivity index (χ1v) is 9.86. The maximum Gasteiger partial charge on any atom is 0.251 e. The summed E-state index contributed by atoms with van der Waals surface area (Å²) in [4.78, 5) is 16.6. The van der Waals surface area contributed by atoms with Gasteiger partial charge in [0.25, 0.3) is 5.91 Å². The molecular formula is C22H28N4O2. The van der Waals surface area contributed by atoms with Crippen molar-refractivity contribution in [3.05, 3.63) is 65.7 Å². The first-order valence-electron chi connectivity index (χ1n) is 9.86. The summed E-state index contributed by atoms with van der Waals surface area (Å²) in [5, 5.41) is 9.49. The van der Waals surface area contributed by atoms with Crippen LogP contribution in [0.1, 0.15) is 29.3 Å². The van der Waals surface area contributed by atoms with Gasteiger partial charge in [-0.1, -0.05) is 36.4 Å². The lowest BCUT2D eigenvalue weighted by Crippen LogP contribution is -2.39. The van der Waals surface area contributed by atoms with Crippen molar-refractivity contribution in [3.63, 3.8) is 0 Å². The van der Waals surface area contributed by atoms with Gasteiger partial charge in [0.05, 0.1) is 6.54 Å². The highest BCUT2D eigenvalue weighted by Crippen LogP contribution is 2.28. The van der Waals surface area contributed by atoms with E-state index in [4.69, 9.17) is 4.74 Å². The highest BCUT2D eigenvalue weighted by molar-refractivity contribution is 5.94. The number of carbonyl (C=O) groups is 1. The van der Waals surface area contributed by atoms with Crippen LogP contribution in [0.2, 0.25) is 0 Å². The third kappa shape index (κ3) is 5.74. The molecule has 3 rings (SSSR count). The van der Waals surface area contributed by atoms with Crippen molar-refractivity contribution in [2.45, 2.75) is 25.9 Å². The first kappa shape index (κ1) is 19.7. The molecule has 1 aliphatic rings. The summed E-state index contributed by atoms with van der Waals surface area (Å²) in [5.41, 5.74) is 1.93. The molecule has 0 radical (unpaired) electrons. The van der Waals surface area contributed by atoms with Gasteiger partial charge in [0.1, 0.15) is 11.9 Å². The molecule has 0 spiro atoms. The van der Waals surface area contributed by atoms with E-state index in [-0.39, 0.29) is 12.0 Å². The van der Waals surface area contributed by atoms with Gasteiger partial charge in [-0.3, -0.25) is 4.79 Å². The van der Waals surface area contributed by atoms with Crippen molar-refractivity contribution in [1.82, 2.24) is 16.0 Å². The Bertz CT molecular complexity index is 767. The predicted molar refractivity (Wildman–Crippen MR) is 112 cm³/mol. The number of rotatable bonds is 8. The van der Waals surface area contributed by atoms with Gasteiger partial charge >= 0.3 is 0 Å². The molecule has 6 nitrogen and oxygen atoms in total. The maximum absolute atomic E-state index is 12.0. The molecule has 0 fully saturated rings. The molecule has 1 heterocycles. The molecule has 0 aromatic heterocycles. The average Bonchev–Trinajstić information content (AvgIpc) is 3.15. The Labute approximate surface area is 166 Å². The summed E-state index contributed by atoms with van der Waals surface area (Å²) in [6.45, 7) is 4.78. The Morgan fingerprint density at radius 3 is 2.57 bits per heavy atom. The molecule has 2 aromatic rings. The lowest BCUT2D eigenvalue weighted by Gasteiger charge is -2.13. The molecule has 148 valence electrons. The highest BCUT2D eigenvalue weighted by atomic mass is 16.5. The van der Waals surface area contributed by atoms with Crippen molar-refractivity contribution in [2.24, 2.45) is 4.99 Å². The number of carbonyl (C=O) groups excluding carboxylic acids is 1. The number of hydrogen-bond acceptors (Lipinski definition) is 3. The minimum atomic E-state index is -0.0425. The van der Waals surface area contributed by atoms with Crippen molar-refractivity contribution >= 4 is 11.9 Å². The zero-order valence-corrected chi connectivity index (χ0v) is 16.3. The van der Waals surface area contributed by atoms with Crippen LogP contribution >= 0.6 is 0 Å². The second-order valence-corrected chi connectivity index (χ2v) is 6.67. The molecule has 0 aliphatic carbocycles. The van der Waals surface area contributed by atoms with Crippen LogP contribution in [0.25, 0.3) is 0 Å². The van der Waals surface area contributed by atoms with Gasteiger partial charge in [0, 0.05) is 31.6 Å².